The first-order chi connectivity index (χ1) is 13.0. The number of hydrogen-bond acceptors (Lipinski definition) is 6. The molecule has 8 nitrogen and oxygen atoms in total. The van der Waals surface area contributed by atoms with Crippen LogP contribution in [-0.4, -0.2) is 62.4 Å². The molecule has 0 saturated carbocycles. The van der Waals surface area contributed by atoms with Crippen molar-refractivity contribution in [1.82, 2.24) is 10.6 Å². The molecule has 1 unspecified atom stereocenters. The van der Waals surface area contributed by atoms with Crippen molar-refractivity contribution in [3.8, 4) is 5.75 Å². The third-order valence-corrected chi connectivity index (χ3v) is 4.74. The van der Waals surface area contributed by atoms with Gasteiger partial charge in [-0.15, -0.1) is 0 Å². The Labute approximate surface area is 160 Å². The van der Waals surface area contributed by atoms with E-state index >= 15 is 0 Å². The van der Waals surface area contributed by atoms with Crippen LogP contribution in [0.1, 0.15) is 36.2 Å². The van der Waals surface area contributed by atoms with Crippen LogP contribution in [0.2, 0.25) is 0 Å². The zero-order valence-corrected chi connectivity index (χ0v) is 16.1. The SMILES string of the molecule is CCc1c(N2CCNCC2)ccc(C(N)=O)c1OCC(=O)NC(CC)CO. The van der Waals surface area contributed by atoms with E-state index in [-0.39, 0.29) is 30.7 Å². The molecule has 5 N–H and O–H groups in total. The molecular weight excluding hydrogens is 348 g/mol. The lowest BCUT2D eigenvalue weighted by atomic mass is 10.0. The molecule has 27 heavy (non-hydrogen) atoms. The van der Waals surface area contributed by atoms with E-state index in [9.17, 15) is 14.7 Å². The van der Waals surface area contributed by atoms with Gasteiger partial charge >= 0.3 is 0 Å². The number of piperazine rings is 1. The van der Waals surface area contributed by atoms with E-state index in [1.807, 2.05) is 19.9 Å². The zero-order chi connectivity index (χ0) is 19.8. The van der Waals surface area contributed by atoms with Crippen LogP contribution in [0.5, 0.6) is 5.75 Å². The fourth-order valence-electron chi connectivity index (χ4n) is 3.20. The minimum atomic E-state index is -0.589. The Hall–Kier alpha value is -2.32. The Morgan fingerprint density at radius 2 is 2.04 bits per heavy atom. The summed E-state index contributed by atoms with van der Waals surface area (Å²) >= 11 is 0. The lowest BCUT2D eigenvalue weighted by molar-refractivity contribution is -0.124. The fraction of sp³-hybridized carbons (Fsp3) is 0.579. The molecule has 2 amide bonds. The van der Waals surface area contributed by atoms with Gasteiger partial charge in [-0.25, -0.2) is 0 Å². The number of ether oxygens (including phenoxy) is 1. The highest BCUT2D eigenvalue weighted by molar-refractivity contribution is 5.97. The van der Waals surface area contributed by atoms with E-state index < -0.39 is 5.91 Å². The number of amides is 2. The van der Waals surface area contributed by atoms with Gasteiger partial charge in [0.25, 0.3) is 11.8 Å². The van der Waals surface area contributed by atoms with Gasteiger partial charge in [-0.1, -0.05) is 13.8 Å². The van der Waals surface area contributed by atoms with Crippen LogP contribution in [0.3, 0.4) is 0 Å². The Morgan fingerprint density at radius 3 is 2.59 bits per heavy atom. The highest BCUT2D eigenvalue weighted by atomic mass is 16.5. The predicted octanol–water partition coefficient (Wildman–Crippen LogP) is 0.0234. The second-order valence-corrected chi connectivity index (χ2v) is 6.54. The summed E-state index contributed by atoms with van der Waals surface area (Å²) in [6, 6.07) is 3.25. The summed E-state index contributed by atoms with van der Waals surface area (Å²) in [5, 5.41) is 15.2. The highest BCUT2D eigenvalue weighted by Crippen LogP contribution is 2.34. The number of hydrogen-bond donors (Lipinski definition) is 4. The van der Waals surface area contributed by atoms with Crippen LogP contribution in [0.4, 0.5) is 5.69 Å². The maximum Gasteiger partial charge on any atom is 0.258 e. The third-order valence-electron chi connectivity index (χ3n) is 4.74. The summed E-state index contributed by atoms with van der Waals surface area (Å²) < 4.78 is 5.77. The molecule has 0 radical (unpaired) electrons. The molecule has 1 fully saturated rings. The second-order valence-electron chi connectivity index (χ2n) is 6.54. The van der Waals surface area contributed by atoms with Crippen LogP contribution in [0, 0.1) is 0 Å². The minimum absolute atomic E-state index is 0.131. The molecular formula is C19H30N4O4. The molecule has 8 heteroatoms. The molecule has 1 aliphatic rings. The van der Waals surface area contributed by atoms with Gasteiger partial charge in [-0.3, -0.25) is 9.59 Å². The molecule has 1 heterocycles. The topological polar surface area (TPSA) is 117 Å². The van der Waals surface area contributed by atoms with Crippen LogP contribution < -0.4 is 26.0 Å². The van der Waals surface area contributed by atoms with E-state index in [1.54, 1.807) is 6.07 Å². The summed E-state index contributed by atoms with van der Waals surface area (Å²) in [6.45, 7) is 6.98. The number of anilines is 1. The van der Waals surface area contributed by atoms with Crippen LogP contribution in [0.15, 0.2) is 12.1 Å². The van der Waals surface area contributed by atoms with Crippen molar-refractivity contribution in [2.45, 2.75) is 32.7 Å². The molecule has 1 saturated heterocycles. The summed E-state index contributed by atoms with van der Waals surface area (Å²) in [4.78, 5) is 26.2. The summed E-state index contributed by atoms with van der Waals surface area (Å²) in [5.41, 5.74) is 7.66. The molecule has 0 aromatic heterocycles. The summed E-state index contributed by atoms with van der Waals surface area (Å²) in [6.07, 6.45) is 1.26. The van der Waals surface area contributed by atoms with Gasteiger partial charge in [0.2, 0.25) is 0 Å². The average molecular weight is 378 g/mol. The van der Waals surface area contributed by atoms with E-state index in [2.05, 4.69) is 15.5 Å². The van der Waals surface area contributed by atoms with Gasteiger partial charge in [0.1, 0.15) is 5.75 Å². The Balaban J connectivity index is 2.25. The Kier molecular flexibility index (Phi) is 7.87. The number of rotatable bonds is 9. The van der Waals surface area contributed by atoms with Crippen molar-refractivity contribution < 1.29 is 19.4 Å². The first-order valence-electron chi connectivity index (χ1n) is 9.46. The van der Waals surface area contributed by atoms with Gasteiger partial charge < -0.3 is 31.1 Å². The number of carbonyl (C=O) groups is 2. The monoisotopic (exact) mass is 378 g/mol. The molecule has 1 aromatic rings. The van der Waals surface area contributed by atoms with Gasteiger partial charge in [0, 0.05) is 37.4 Å². The van der Waals surface area contributed by atoms with Crippen molar-refractivity contribution >= 4 is 17.5 Å². The molecule has 1 atom stereocenters. The van der Waals surface area contributed by atoms with Crippen LogP contribution >= 0.6 is 0 Å². The third kappa shape index (κ3) is 5.33. The maximum atomic E-state index is 12.1. The first-order valence-corrected chi connectivity index (χ1v) is 9.46. The number of aliphatic hydroxyl groups excluding tert-OH is 1. The van der Waals surface area contributed by atoms with Gasteiger partial charge in [0.15, 0.2) is 6.61 Å². The predicted molar refractivity (Wildman–Crippen MR) is 104 cm³/mol. The van der Waals surface area contributed by atoms with E-state index in [0.717, 1.165) is 37.4 Å². The normalized spacial score (nSPS) is 15.3. The molecule has 1 aliphatic heterocycles. The molecule has 0 bridgehead atoms. The number of primary amides is 1. The number of nitrogens with two attached hydrogens (primary N) is 1. The van der Waals surface area contributed by atoms with Crippen molar-refractivity contribution in [2.24, 2.45) is 5.73 Å². The zero-order valence-electron chi connectivity index (χ0n) is 16.1. The number of aliphatic hydroxyl groups is 1. The Morgan fingerprint density at radius 1 is 1.33 bits per heavy atom. The largest absolute Gasteiger partial charge is 0.483 e. The molecule has 0 aliphatic carbocycles. The van der Waals surface area contributed by atoms with Gasteiger partial charge in [0.05, 0.1) is 18.2 Å². The van der Waals surface area contributed by atoms with E-state index in [1.165, 1.54) is 0 Å². The van der Waals surface area contributed by atoms with Crippen LogP contribution in [-0.2, 0) is 11.2 Å². The quantitative estimate of drug-likeness (QED) is 0.481. The molecule has 0 spiro atoms. The molecule has 1 aromatic carbocycles. The number of carbonyl (C=O) groups excluding carboxylic acids is 2. The summed E-state index contributed by atoms with van der Waals surface area (Å²) in [7, 11) is 0. The van der Waals surface area contributed by atoms with Crippen LogP contribution in [0.25, 0.3) is 0 Å². The lowest BCUT2D eigenvalue weighted by Gasteiger charge is -2.32. The Bertz CT molecular complexity index is 655. The van der Waals surface area contributed by atoms with Crippen molar-refractivity contribution in [1.29, 1.82) is 0 Å². The smallest absolute Gasteiger partial charge is 0.258 e. The molecule has 150 valence electrons. The van der Waals surface area contributed by atoms with Crippen molar-refractivity contribution in [3.63, 3.8) is 0 Å². The minimum Gasteiger partial charge on any atom is -0.483 e. The van der Waals surface area contributed by atoms with Gasteiger partial charge in [-0.2, -0.15) is 0 Å². The maximum absolute atomic E-state index is 12.1. The van der Waals surface area contributed by atoms with Gasteiger partial charge in [-0.05, 0) is 25.0 Å². The number of benzene rings is 1. The van der Waals surface area contributed by atoms with E-state index in [4.69, 9.17) is 10.5 Å². The fourth-order valence-corrected chi connectivity index (χ4v) is 3.20. The van der Waals surface area contributed by atoms with Crippen molar-refractivity contribution in [3.05, 3.63) is 23.3 Å². The number of nitrogens with zero attached hydrogens (tertiary/aromatic N) is 1. The summed E-state index contributed by atoms with van der Waals surface area (Å²) in [5.74, 6) is -0.567. The second kappa shape index (κ2) is 10.1. The lowest BCUT2D eigenvalue weighted by Crippen LogP contribution is -2.44. The molecule has 2 rings (SSSR count). The highest BCUT2D eigenvalue weighted by Gasteiger charge is 2.22. The average Bonchev–Trinajstić information content (AvgIpc) is 2.70. The number of nitrogens with one attached hydrogen (secondary N) is 2. The van der Waals surface area contributed by atoms with Crippen molar-refractivity contribution in [2.75, 3.05) is 44.3 Å². The first kappa shape index (κ1) is 21.0. The van der Waals surface area contributed by atoms with E-state index in [0.29, 0.717) is 18.6 Å². The standard InChI is InChI=1S/C19H30N4O4/c1-3-13(11-24)22-17(25)12-27-18-14(4-2)16(6-5-15(18)19(20)26)23-9-7-21-8-10-23/h5-6,13,21,24H,3-4,7-12H2,1-2H3,(H2,20,26)(H,22,25).